The van der Waals surface area contributed by atoms with Crippen LogP contribution in [0.25, 0.3) is 5.69 Å². The van der Waals surface area contributed by atoms with Crippen molar-refractivity contribution < 1.29 is 4.79 Å². The largest absolute Gasteiger partial charge is 0.334 e. The summed E-state index contributed by atoms with van der Waals surface area (Å²) in [6, 6.07) is 14.6. The zero-order valence-corrected chi connectivity index (χ0v) is 13.0. The molecule has 0 fully saturated rings. The van der Waals surface area contributed by atoms with Crippen LogP contribution < -0.4 is 10.6 Å². The molecule has 3 aromatic rings. The van der Waals surface area contributed by atoms with Crippen molar-refractivity contribution in [3.8, 4) is 5.69 Å². The Labute approximate surface area is 138 Å². The zero-order valence-electron chi connectivity index (χ0n) is 12.2. The summed E-state index contributed by atoms with van der Waals surface area (Å²) >= 11 is 5.81. The minimum Gasteiger partial charge on any atom is -0.334 e. The first-order chi connectivity index (χ1) is 11.2. The van der Waals surface area contributed by atoms with E-state index in [2.05, 4.69) is 15.6 Å². The molecule has 116 valence electrons. The maximum Gasteiger partial charge on any atom is 0.319 e. The van der Waals surface area contributed by atoms with Gasteiger partial charge in [-0.25, -0.2) is 9.78 Å². The van der Waals surface area contributed by atoms with Crippen LogP contribution in [0.1, 0.15) is 5.56 Å². The number of nitrogens with one attached hydrogen (secondary N) is 2. The van der Waals surface area contributed by atoms with E-state index in [9.17, 15) is 4.79 Å². The van der Waals surface area contributed by atoms with Gasteiger partial charge in [0, 0.05) is 35.3 Å². The number of carbonyl (C=O) groups is 1. The SMILES string of the molecule is O=C(NCc1ccc(-n2ccnc2)cc1)Nc1ccc(Cl)cc1. The highest BCUT2D eigenvalue weighted by atomic mass is 35.5. The minimum atomic E-state index is -0.258. The van der Waals surface area contributed by atoms with Crippen molar-refractivity contribution in [3.05, 3.63) is 77.8 Å². The monoisotopic (exact) mass is 326 g/mol. The molecule has 0 unspecified atom stereocenters. The summed E-state index contributed by atoms with van der Waals surface area (Å²) in [6.45, 7) is 0.448. The molecular weight excluding hydrogens is 312 g/mol. The number of hydrogen-bond donors (Lipinski definition) is 2. The van der Waals surface area contributed by atoms with Crippen molar-refractivity contribution in [1.82, 2.24) is 14.9 Å². The molecule has 0 bridgehead atoms. The molecular formula is C17H15ClN4O. The molecule has 1 aromatic heterocycles. The average Bonchev–Trinajstić information content (AvgIpc) is 3.10. The lowest BCUT2D eigenvalue weighted by atomic mass is 10.2. The second-order valence-electron chi connectivity index (χ2n) is 4.95. The molecule has 0 spiro atoms. The summed E-state index contributed by atoms with van der Waals surface area (Å²) in [5.74, 6) is 0. The van der Waals surface area contributed by atoms with E-state index >= 15 is 0 Å². The van der Waals surface area contributed by atoms with Crippen LogP contribution in [0, 0.1) is 0 Å². The molecule has 0 atom stereocenters. The van der Waals surface area contributed by atoms with Gasteiger partial charge in [0.25, 0.3) is 0 Å². The van der Waals surface area contributed by atoms with E-state index in [0.717, 1.165) is 11.3 Å². The Morgan fingerprint density at radius 2 is 1.83 bits per heavy atom. The van der Waals surface area contributed by atoms with Gasteiger partial charge in [0.05, 0.1) is 6.33 Å². The Morgan fingerprint density at radius 1 is 1.09 bits per heavy atom. The molecule has 0 aliphatic rings. The van der Waals surface area contributed by atoms with Crippen molar-refractivity contribution in [2.24, 2.45) is 0 Å². The van der Waals surface area contributed by atoms with Gasteiger partial charge >= 0.3 is 6.03 Å². The maximum atomic E-state index is 11.9. The highest BCUT2D eigenvalue weighted by Gasteiger charge is 2.02. The van der Waals surface area contributed by atoms with E-state index < -0.39 is 0 Å². The topological polar surface area (TPSA) is 59.0 Å². The normalized spacial score (nSPS) is 10.3. The van der Waals surface area contributed by atoms with Crippen molar-refractivity contribution in [2.45, 2.75) is 6.54 Å². The third-order valence-electron chi connectivity index (χ3n) is 3.29. The van der Waals surface area contributed by atoms with Crippen LogP contribution in [0.2, 0.25) is 5.02 Å². The van der Waals surface area contributed by atoms with E-state index in [1.54, 1.807) is 36.8 Å². The molecule has 5 nitrogen and oxygen atoms in total. The van der Waals surface area contributed by atoms with E-state index in [-0.39, 0.29) is 6.03 Å². The van der Waals surface area contributed by atoms with Crippen molar-refractivity contribution in [1.29, 1.82) is 0 Å². The number of imidazole rings is 1. The Kier molecular flexibility index (Phi) is 4.59. The standard InChI is InChI=1S/C17H15ClN4O/c18-14-3-5-15(6-4-14)21-17(23)20-11-13-1-7-16(8-2-13)22-10-9-19-12-22/h1-10,12H,11H2,(H2,20,21,23). The van der Waals surface area contributed by atoms with Crippen LogP contribution in [-0.4, -0.2) is 15.6 Å². The van der Waals surface area contributed by atoms with Crippen molar-refractivity contribution in [3.63, 3.8) is 0 Å². The van der Waals surface area contributed by atoms with Gasteiger partial charge in [0.2, 0.25) is 0 Å². The molecule has 2 N–H and O–H groups in total. The fourth-order valence-corrected chi connectivity index (χ4v) is 2.21. The number of hydrogen-bond acceptors (Lipinski definition) is 2. The molecule has 0 radical (unpaired) electrons. The lowest BCUT2D eigenvalue weighted by molar-refractivity contribution is 0.251. The quantitative estimate of drug-likeness (QED) is 0.765. The molecule has 0 saturated heterocycles. The number of halogens is 1. The van der Waals surface area contributed by atoms with E-state index in [4.69, 9.17) is 11.6 Å². The summed E-state index contributed by atoms with van der Waals surface area (Å²) in [7, 11) is 0. The first kappa shape index (κ1) is 15.1. The van der Waals surface area contributed by atoms with Gasteiger partial charge in [-0.1, -0.05) is 23.7 Å². The van der Waals surface area contributed by atoms with Gasteiger partial charge < -0.3 is 15.2 Å². The first-order valence-electron chi connectivity index (χ1n) is 7.08. The van der Waals surface area contributed by atoms with Gasteiger partial charge in [-0.05, 0) is 42.0 Å². The summed E-state index contributed by atoms with van der Waals surface area (Å²) in [5.41, 5.74) is 2.74. The number of aromatic nitrogens is 2. The lowest BCUT2D eigenvalue weighted by Gasteiger charge is -2.08. The van der Waals surface area contributed by atoms with Crippen LogP contribution in [-0.2, 0) is 6.54 Å². The molecule has 0 aliphatic carbocycles. The fourth-order valence-electron chi connectivity index (χ4n) is 2.09. The average molecular weight is 327 g/mol. The van der Waals surface area contributed by atoms with Gasteiger partial charge in [-0.15, -0.1) is 0 Å². The van der Waals surface area contributed by atoms with Gasteiger partial charge in [-0.3, -0.25) is 0 Å². The number of urea groups is 1. The Bertz CT molecular complexity index is 767. The molecule has 0 saturated carbocycles. The van der Waals surface area contributed by atoms with Gasteiger partial charge in [0.1, 0.15) is 0 Å². The Morgan fingerprint density at radius 3 is 2.48 bits per heavy atom. The van der Waals surface area contributed by atoms with Crippen LogP contribution in [0.15, 0.2) is 67.3 Å². The number of rotatable bonds is 4. The van der Waals surface area contributed by atoms with Crippen molar-refractivity contribution >= 4 is 23.3 Å². The zero-order chi connectivity index (χ0) is 16.1. The van der Waals surface area contributed by atoms with E-state index in [1.807, 2.05) is 35.0 Å². The molecule has 23 heavy (non-hydrogen) atoms. The lowest BCUT2D eigenvalue weighted by Crippen LogP contribution is -2.28. The van der Waals surface area contributed by atoms with Crippen LogP contribution in [0.3, 0.4) is 0 Å². The molecule has 2 amide bonds. The fraction of sp³-hybridized carbons (Fsp3) is 0.0588. The molecule has 2 aromatic carbocycles. The summed E-state index contributed by atoms with van der Waals surface area (Å²) in [4.78, 5) is 15.9. The number of carbonyl (C=O) groups excluding carboxylic acids is 1. The van der Waals surface area contributed by atoms with Gasteiger partial charge in [0.15, 0.2) is 0 Å². The maximum absolute atomic E-state index is 11.9. The smallest absolute Gasteiger partial charge is 0.319 e. The van der Waals surface area contributed by atoms with Crippen LogP contribution in [0.4, 0.5) is 10.5 Å². The molecule has 0 aliphatic heterocycles. The summed E-state index contributed by atoms with van der Waals surface area (Å²) < 4.78 is 1.92. The van der Waals surface area contributed by atoms with Crippen molar-refractivity contribution in [2.75, 3.05) is 5.32 Å². The van der Waals surface area contributed by atoms with E-state index in [1.165, 1.54) is 0 Å². The first-order valence-corrected chi connectivity index (χ1v) is 7.46. The number of amides is 2. The summed E-state index contributed by atoms with van der Waals surface area (Å²) in [5, 5.41) is 6.20. The minimum absolute atomic E-state index is 0.258. The number of nitrogens with zero attached hydrogens (tertiary/aromatic N) is 2. The summed E-state index contributed by atoms with van der Waals surface area (Å²) in [6.07, 6.45) is 5.36. The Hall–Kier alpha value is -2.79. The van der Waals surface area contributed by atoms with Crippen LogP contribution >= 0.6 is 11.6 Å². The predicted octanol–water partition coefficient (Wildman–Crippen LogP) is 3.85. The molecule has 6 heteroatoms. The highest BCUT2D eigenvalue weighted by molar-refractivity contribution is 6.30. The van der Waals surface area contributed by atoms with Crippen LogP contribution in [0.5, 0.6) is 0 Å². The molecule has 3 rings (SSSR count). The highest BCUT2D eigenvalue weighted by Crippen LogP contribution is 2.13. The van der Waals surface area contributed by atoms with E-state index in [0.29, 0.717) is 17.3 Å². The third-order valence-corrected chi connectivity index (χ3v) is 3.55. The number of anilines is 1. The third kappa shape index (κ3) is 4.11. The Balaban J connectivity index is 1.53. The molecule has 1 heterocycles. The predicted molar refractivity (Wildman–Crippen MR) is 90.9 cm³/mol. The second kappa shape index (κ2) is 6.98. The number of benzene rings is 2. The second-order valence-corrected chi connectivity index (χ2v) is 5.39. The van der Waals surface area contributed by atoms with Gasteiger partial charge in [-0.2, -0.15) is 0 Å².